The largest absolute Gasteiger partial charge is 0.505 e. The molecule has 2 nitrogen and oxygen atoms in total. The van der Waals surface area contributed by atoms with Gasteiger partial charge in [-0.2, -0.15) is 0 Å². The van der Waals surface area contributed by atoms with Crippen LogP contribution in [0.5, 0.6) is 5.75 Å². The van der Waals surface area contributed by atoms with Crippen LogP contribution in [-0.2, 0) is 0 Å². The summed E-state index contributed by atoms with van der Waals surface area (Å²) in [4.78, 5) is 0. The zero-order valence-corrected chi connectivity index (χ0v) is 6.08. The summed E-state index contributed by atoms with van der Waals surface area (Å²) >= 11 is 0. The number of phenolic OH excluding ortho intramolecular Hbond substituents is 1. The van der Waals surface area contributed by atoms with Gasteiger partial charge in [0.05, 0.1) is 6.10 Å². The minimum absolute atomic E-state index is 0.213. The number of aromatic hydroxyl groups is 1. The fourth-order valence-electron chi connectivity index (χ4n) is 0.869. The molecule has 1 aromatic rings. The highest BCUT2D eigenvalue weighted by Gasteiger charge is 2.09. The molecular formula is C8H9FO2. The third kappa shape index (κ3) is 1.49. The highest BCUT2D eigenvalue weighted by Crippen LogP contribution is 2.25. The van der Waals surface area contributed by atoms with Gasteiger partial charge >= 0.3 is 0 Å². The van der Waals surface area contributed by atoms with Gasteiger partial charge < -0.3 is 10.2 Å². The third-order valence-electron chi connectivity index (χ3n) is 1.47. The third-order valence-corrected chi connectivity index (χ3v) is 1.47. The number of halogens is 1. The molecule has 0 unspecified atom stereocenters. The van der Waals surface area contributed by atoms with Crippen LogP contribution >= 0.6 is 0 Å². The maximum Gasteiger partial charge on any atom is 0.165 e. The molecule has 0 radical (unpaired) electrons. The van der Waals surface area contributed by atoms with E-state index in [9.17, 15) is 4.39 Å². The molecule has 60 valence electrons. The van der Waals surface area contributed by atoms with E-state index in [1.165, 1.54) is 19.1 Å². The normalized spacial score (nSPS) is 13.0. The number of hydrogen-bond donors (Lipinski definition) is 2. The van der Waals surface area contributed by atoms with Crippen molar-refractivity contribution in [3.8, 4) is 5.75 Å². The number of rotatable bonds is 1. The summed E-state index contributed by atoms with van der Waals surface area (Å²) in [5, 5.41) is 18.0. The molecule has 0 saturated heterocycles. The lowest BCUT2D eigenvalue weighted by Crippen LogP contribution is -1.92. The van der Waals surface area contributed by atoms with Crippen molar-refractivity contribution in [2.75, 3.05) is 0 Å². The molecule has 0 aliphatic heterocycles. The topological polar surface area (TPSA) is 40.5 Å². The van der Waals surface area contributed by atoms with Gasteiger partial charge in [-0.3, -0.25) is 0 Å². The molecular weight excluding hydrogens is 147 g/mol. The Labute approximate surface area is 63.9 Å². The zero-order valence-electron chi connectivity index (χ0n) is 6.08. The summed E-state index contributed by atoms with van der Waals surface area (Å²) in [6, 6.07) is 4.06. The molecule has 1 rings (SSSR count). The molecule has 0 aromatic heterocycles. The molecule has 0 aliphatic rings. The number of benzene rings is 1. The standard InChI is InChI=1S/C8H9FO2/c1-5(10)6-3-2-4-7(9)8(6)11/h2-5,10-11H,1H3/t5-/m0/s1. The highest BCUT2D eigenvalue weighted by atomic mass is 19.1. The van der Waals surface area contributed by atoms with Crippen LogP contribution in [-0.4, -0.2) is 10.2 Å². The van der Waals surface area contributed by atoms with Crippen molar-refractivity contribution in [2.45, 2.75) is 13.0 Å². The summed E-state index contributed by atoms with van der Waals surface area (Å²) in [5.74, 6) is -1.18. The fourth-order valence-corrected chi connectivity index (χ4v) is 0.869. The quantitative estimate of drug-likeness (QED) is 0.648. The van der Waals surface area contributed by atoms with E-state index < -0.39 is 17.7 Å². The predicted molar refractivity (Wildman–Crippen MR) is 38.7 cm³/mol. The molecule has 2 N–H and O–H groups in total. The molecule has 11 heavy (non-hydrogen) atoms. The van der Waals surface area contributed by atoms with E-state index in [0.29, 0.717) is 0 Å². The first kappa shape index (κ1) is 8.01. The lowest BCUT2D eigenvalue weighted by molar-refractivity contribution is 0.193. The zero-order chi connectivity index (χ0) is 8.43. The van der Waals surface area contributed by atoms with Gasteiger partial charge in [0.25, 0.3) is 0 Å². The van der Waals surface area contributed by atoms with Gasteiger partial charge in [0.2, 0.25) is 0 Å². The van der Waals surface area contributed by atoms with Crippen LogP contribution in [0, 0.1) is 5.82 Å². The average molecular weight is 156 g/mol. The van der Waals surface area contributed by atoms with E-state index >= 15 is 0 Å². The van der Waals surface area contributed by atoms with Gasteiger partial charge in [-0.15, -0.1) is 0 Å². The van der Waals surface area contributed by atoms with Crippen molar-refractivity contribution < 1.29 is 14.6 Å². The van der Waals surface area contributed by atoms with Crippen LogP contribution in [0.2, 0.25) is 0 Å². The van der Waals surface area contributed by atoms with Gasteiger partial charge in [-0.05, 0) is 13.0 Å². The highest BCUT2D eigenvalue weighted by molar-refractivity contribution is 5.34. The number of aliphatic hydroxyl groups is 1. The van der Waals surface area contributed by atoms with Crippen LogP contribution in [0.15, 0.2) is 18.2 Å². The van der Waals surface area contributed by atoms with Crippen molar-refractivity contribution in [3.05, 3.63) is 29.6 Å². The fraction of sp³-hybridized carbons (Fsp3) is 0.250. The molecule has 0 fully saturated rings. The monoisotopic (exact) mass is 156 g/mol. The maximum atomic E-state index is 12.6. The van der Waals surface area contributed by atoms with Gasteiger partial charge in [0.15, 0.2) is 11.6 Å². The lowest BCUT2D eigenvalue weighted by Gasteiger charge is -2.06. The van der Waals surface area contributed by atoms with Gasteiger partial charge in [-0.25, -0.2) is 4.39 Å². The smallest absolute Gasteiger partial charge is 0.165 e. The summed E-state index contributed by atoms with van der Waals surface area (Å²) in [7, 11) is 0. The lowest BCUT2D eigenvalue weighted by atomic mass is 10.1. The molecule has 0 bridgehead atoms. The molecule has 1 aromatic carbocycles. The van der Waals surface area contributed by atoms with E-state index in [0.717, 1.165) is 6.07 Å². The minimum atomic E-state index is -0.842. The Hall–Kier alpha value is -1.09. The predicted octanol–water partition coefficient (Wildman–Crippen LogP) is 1.58. The number of aliphatic hydroxyl groups excluding tert-OH is 1. The van der Waals surface area contributed by atoms with Gasteiger partial charge in [-0.1, -0.05) is 12.1 Å². The molecule has 3 heteroatoms. The summed E-state index contributed by atoms with van der Waals surface area (Å²) in [5.41, 5.74) is 0.213. The second kappa shape index (κ2) is 2.88. The van der Waals surface area contributed by atoms with Crippen LogP contribution in [0.3, 0.4) is 0 Å². The Morgan fingerprint density at radius 2 is 2.09 bits per heavy atom. The van der Waals surface area contributed by atoms with Crippen LogP contribution in [0.1, 0.15) is 18.6 Å². The van der Waals surface area contributed by atoms with Crippen LogP contribution in [0.25, 0.3) is 0 Å². The molecule has 0 saturated carbocycles. The first-order valence-corrected chi connectivity index (χ1v) is 3.28. The van der Waals surface area contributed by atoms with E-state index in [1.807, 2.05) is 0 Å². The van der Waals surface area contributed by atoms with Crippen molar-refractivity contribution in [3.63, 3.8) is 0 Å². The SMILES string of the molecule is C[C@H](O)c1cccc(F)c1O. The molecule has 0 amide bonds. The van der Waals surface area contributed by atoms with E-state index in [2.05, 4.69) is 0 Å². The van der Waals surface area contributed by atoms with E-state index in [1.54, 1.807) is 0 Å². The van der Waals surface area contributed by atoms with E-state index in [-0.39, 0.29) is 5.56 Å². The number of hydrogen-bond acceptors (Lipinski definition) is 2. The van der Waals surface area contributed by atoms with Crippen LogP contribution in [0.4, 0.5) is 4.39 Å². The van der Waals surface area contributed by atoms with Crippen LogP contribution < -0.4 is 0 Å². The Morgan fingerprint density at radius 3 is 2.55 bits per heavy atom. The molecule has 0 spiro atoms. The Kier molecular flexibility index (Phi) is 2.10. The maximum absolute atomic E-state index is 12.6. The summed E-state index contributed by atoms with van der Waals surface area (Å²) < 4.78 is 12.6. The summed E-state index contributed by atoms with van der Waals surface area (Å²) in [6.45, 7) is 1.47. The van der Waals surface area contributed by atoms with E-state index in [4.69, 9.17) is 10.2 Å². The number of para-hydroxylation sites is 1. The molecule has 0 heterocycles. The second-order valence-corrected chi connectivity index (χ2v) is 2.35. The Bertz CT molecular complexity index is 258. The van der Waals surface area contributed by atoms with Crippen molar-refractivity contribution >= 4 is 0 Å². The second-order valence-electron chi connectivity index (χ2n) is 2.35. The Balaban J connectivity index is 3.17. The van der Waals surface area contributed by atoms with Crippen molar-refractivity contribution in [1.29, 1.82) is 0 Å². The molecule has 1 atom stereocenters. The molecule has 0 aliphatic carbocycles. The van der Waals surface area contributed by atoms with Gasteiger partial charge in [0, 0.05) is 5.56 Å². The first-order valence-electron chi connectivity index (χ1n) is 3.28. The van der Waals surface area contributed by atoms with Gasteiger partial charge in [0.1, 0.15) is 0 Å². The first-order chi connectivity index (χ1) is 5.13. The Morgan fingerprint density at radius 1 is 1.45 bits per heavy atom. The minimum Gasteiger partial charge on any atom is -0.505 e. The van der Waals surface area contributed by atoms with Crippen molar-refractivity contribution in [1.82, 2.24) is 0 Å². The average Bonchev–Trinajstić information content (AvgIpc) is 1.94. The van der Waals surface area contributed by atoms with Crippen molar-refractivity contribution in [2.24, 2.45) is 0 Å². The summed E-state index contributed by atoms with van der Waals surface area (Å²) in [6.07, 6.45) is -0.842. The number of phenols is 1.